The van der Waals surface area contributed by atoms with Crippen molar-refractivity contribution in [3.63, 3.8) is 0 Å². The van der Waals surface area contributed by atoms with Gasteiger partial charge in [0, 0.05) is 13.1 Å². The second kappa shape index (κ2) is 6.72. The molecule has 4 rings (SSSR count). The highest BCUT2D eigenvalue weighted by Gasteiger charge is 2.12. The summed E-state index contributed by atoms with van der Waals surface area (Å²) in [7, 11) is 1.50. The number of hydrogen-bond acceptors (Lipinski definition) is 4. The molecule has 0 saturated heterocycles. The van der Waals surface area contributed by atoms with Crippen molar-refractivity contribution < 1.29 is 4.39 Å². The summed E-state index contributed by atoms with van der Waals surface area (Å²) in [6.07, 6.45) is 1.14. The minimum Gasteiger partial charge on any atom is -0.381 e. The summed E-state index contributed by atoms with van der Waals surface area (Å²) < 4.78 is 15.6. The first-order chi connectivity index (χ1) is 12.0. The van der Waals surface area contributed by atoms with Crippen molar-refractivity contribution in [2.75, 3.05) is 5.73 Å². The molecule has 128 valence electrons. The molecule has 4 aromatic rings. The summed E-state index contributed by atoms with van der Waals surface area (Å²) in [5.41, 5.74) is 7.76. The predicted molar refractivity (Wildman–Crippen MR) is 95.9 cm³/mol. The van der Waals surface area contributed by atoms with E-state index in [1.807, 2.05) is 6.07 Å². The molecule has 0 aliphatic rings. The highest BCUT2D eigenvalue weighted by atomic mass is 19.1. The number of nitrogen functional groups attached to an aromatic ring is 1. The van der Waals surface area contributed by atoms with Crippen LogP contribution in [0.5, 0.6) is 0 Å². The van der Waals surface area contributed by atoms with E-state index in [4.69, 9.17) is 5.73 Å². The Morgan fingerprint density at radius 3 is 2.52 bits per heavy atom. The zero-order chi connectivity index (χ0) is 18.0. The van der Waals surface area contributed by atoms with E-state index < -0.39 is 5.82 Å². The lowest BCUT2D eigenvalue weighted by molar-refractivity contribution is 0.629. The molecule has 0 atom stereocenters. The summed E-state index contributed by atoms with van der Waals surface area (Å²) in [5.74, 6) is -0.303. The van der Waals surface area contributed by atoms with Crippen molar-refractivity contribution in [2.24, 2.45) is 7.05 Å². The number of rotatable bonds is 1. The van der Waals surface area contributed by atoms with Crippen LogP contribution in [-0.2, 0) is 13.5 Å². The maximum Gasteiger partial charge on any atom is 0.350 e. The van der Waals surface area contributed by atoms with Crippen molar-refractivity contribution in [3.05, 3.63) is 70.4 Å². The molecule has 0 fully saturated rings. The minimum atomic E-state index is -0.443. The zero-order valence-corrected chi connectivity index (χ0v) is 14.0. The van der Waals surface area contributed by atoms with Crippen LogP contribution >= 0.6 is 0 Å². The second-order valence-electron chi connectivity index (χ2n) is 5.53. The van der Waals surface area contributed by atoms with Gasteiger partial charge in [0.05, 0.1) is 11.0 Å². The Bertz CT molecular complexity index is 1090. The number of hydrogen-bond donors (Lipinski definition) is 1. The van der Waals surface area contributed by atoms with Crippen LogP contribution in [0.25, 0.3) is 16.7 Å². The van der Waals surface area contributed by atoms with E-state index >= 15 is 0 Å². The number of halogens is 1. The third-order valence-corrected chi connectivity index (χ3v) is 3.82. The van der Waals surface area contributed by atoms with Gasteiger partial charge >= 0.3 is 5.69 Å². The van der Waals surface area contributed by atoms with Gasteiger partial charge in [0.25, 0.3) is 0 Å². The molecule has 7 heteroatoms. The summed E-state index contributed by atoms with van der Waals surface area (Å²) in [6, 6.07) is 14.4. The second-order valence-corrected chi connectivity index (χ2v) is 5.53. The molecule has 0 spiro atoms. The first-order valence-corrected chi connectivity index (χ1v) is 7.85. The van der Waals surface area contributed by atoms with Crippen LogP contribution in [-0.4, -0.2) is 19.2 Å². The molecule has 2 aromatic carbocycles. The van der Waals surface area contributed by atoms with Gasteiger partial charge < -0.3 is 5.73 Å². The van der Waals surface area contributed by atoms with E-state index in [1.54, 1.807) is 0 Å². The molecule has 0 unspecified atom stereocenters. The Labute approximate surface area is 143 Å². The Morgan fingerprint density at radius 1 is 1.16 bits per heavy atom. The van der Waals surface area contributed by atoms with Gasteiger partial charge in [-0.25, -0.2) is 23.3 Å². The number of aromatic nitrogens is 4. The van der Waals surface area contributed by atoms with Gasteiger partial charge in [-0.15, -0.1) is 5.10 Å². The standard InChI is InChI=1S/C10H8FN5O.C8H10/c1-15-10(17)16-7-4-5(11)2-3-6(7)13-8(12)9(16)14-15;1-2-8-6-4-3-5-7-8/h2-4H,1H3,(H2,12,13);3-7H,2H2,1H3. The summed E-state index contributed by atoms with van der Waals surface area (Å²) in [6.45, 7) is 2.16. The highest BCUT2D eigenvalue weighted by molar-refractivity contribution is 5.81. The molecular weight excluding hydrogens is 321 g/mol. The highest BCUT2D eigenvalue weighted by Crippen LogP contribution is 2.17. The first kappa shape index (κ1) is 16.6. The summed E-state index contributed by atoms with van der Waals surface area (Å²) in [5, 5.41) is 3.95. The molecule has 25 heavy (non-hydrogen) atoms. The number of anilines is 1. The lowest BCUT2D eigenvalue weighted by Gasteiger charge is -2.01. The Balaban J connectivity index is 0.000000192. The topological polar surface area (TPSA) is 78.2 Å². The number of nitrogens with zero attached hydrogens (tertiary/aromatic N) is 4. The van der Waals surface area contributed by atoms with Crippen LogP contribution in [0.15, 0.2) is 53.3 Å². The Hall–Kier alpha value is -3.22. The fourth-order valence-corrected chi connectivity index (χ4v) is 2.51. The number of nitrogens with two attached hydrogens (primary N) is 1. The maximum atomic E-state index is 13.2. The van der Waals surface area contributed by atoms with Crippen LogP contribution in [0.1, 0.15) is 12.5 Å². The molecule has 0 aliphatic carbocycles. The van der Waals surface area contributed by atoms with Gasteiger partial charge in [-0.2, -0.15) is 0 Å². The van der Waals surface area contributed by atoms with E-state index in [2.05, 4.69) is 41.3 Å². The third kappa shape index (κ3) is 3.21. The molecule has 0 aliphatic heterocycles. The molecule has 6 nitrogen and oxygen atoms in total. The Morgan fingerprint density at radius 2 is 1.88 bits per heavy atom. The van der Waals surface area contributed by atoms with Gasteiger partial charge in [-0.05, 0) is 24.1 Å². The molecule has 0 amide bonds. The third-order valence-electron chi connectivity index (χ3n) is 3.82. The largest absolute Gasteiger partial charge is 0.381 e. The van der Waals surface area contributed by atoms with Gasteiger partial charge in [0.2, 0.25) is 5.65 Å². The van der Waals surface area contributed by atoms with E-state index in [-0.39, 0.29) is 17.2 Å². The molecule has 2 N–H and O–H groups in total. The number of aryl methyl sites for hydroxylation is 2. The van der Waals surface area contributed by atoms with Crippen LogP contribution in [0.4, 0.5) is 10.2 Å². The van der Waals surface area contributed by atoms with E-state index in [1.165, 1.54) is 35.2 Å². The zero-order valence-electron chi connectivity index (χ0n) is 14.0. The minimum absolute atomic E-state index is 0.141. The molecule has 0 saturated carbocycles. The van der Waals surface area contributed by atoms with Crippen molar-refractivity contribution >= 4 is 22.5 Å². The molecule has 2 heterocycles. The van der Waals surface area contributed by atoms with Crippen LogP contribution in [0.2, 0.25) is 0 Å². The molecule has 0 radical (unpaired) electrons. The summed E-state index contributed by atoms with van der Waals surface area (Å²) >= 11 is 0. The first-order valence-electron chi connectivity index (χ1n) is 7.85. The van der Waals surface area contributed by atoms with Crippen LogP contribution in [0, 0.1) is 5.82 Å². The average molecular weight is 339 g/mol. The molecule has 2 aromatic heterocycles. The van der Waals surface area contributed by atoms with Gasteiger partial charge in [0.1, 0.15) is 5.82 Å². The fraction of sp³-hybridized carbons (Fsp3) is 0.167. The van der Waals surface area contributed by atoms with Crippen molar-refractivity contribution in [1.82, 2.24) is 19.2 Å². The lowest BCUT2D eigenvalue weighted by Crippen LogP contribution is -2.18. The van der Waals surface area contributed by atoms with Crippen LogP contribution < -0.4 is 11.4 Å². The average Bonchev–Trinajstić information content (AvgIpc) is 2.93. The van der Waals surface area contributed by atoms with Crippen LogP contribution in [0.3, 0.4) is 0 Å². The number of benzene rings is 2. The van der Waals surface area contributed by atoms with E-state index in [0.717, 1.165) is 11.1 Å². The smallest absolute Gasteiger partial charge is 0.350 e. The Kier molecular flexibility index (Phi) is 4.47. The number of fused-ring (bicyclic) bond motifs is 3. The van der Waals surface area contributed by atoms with E-state index in [9.17, 15) is 9.18 Å². The molecule has 0 bridgehead atoms. The maximum absolute atomic E-state index is 13.2. The van der Waals surface area contributed by atoms with Gasteiger partial charge in [-0.3, -0.25) is 0 Å². The fourth-order valence-electron chi connectivity index (χ4n) is 2.51. The summed E-state index contributed by atoms with van der Waals surface area (Å²) in [4.78, 5) is 15.9. The van der Waals surface area contributed by atoms with Crippen molar-refractivity contribution in [2.45, 2.75) is 13.3 Å². The normalized spacial score (nSPS) is 10.7. The van der Waals surface area contributed by atoms with Crippen molar-refractivity contribution in [3.8, 4) is 0 Å². The monoisotopic (exact) mass is 339 g/mol. The SMILES string of the molecule is CCc1ccccc1.Cn1nc2c(N)nc3ccc(F)cc3n2c1=O. The van der Waals surface area contributed by atoms with Crippen molar-refractivity contribution in [1.29, 1.82) is 0 Å². The van der Waals surface area contributed by atoms with Gasteiger partial charge in [0.15, 0.2) is 5.82 Å². The quantitative estimate of drug-likeness (QED) is 0.578. The lowest BCUT2D eigenvalue weighted by atomic mass is 10.2. The predicted octanol–water partition coefficient (Wildman–Crippen LogP) is 2.55. The van der Waals surface area contributed by atoms with Gasteiger partial charge in [-0.1, -0.05) is 37.3 Å². The molecular formula is C18H18FN5O. The van der Waals surface area contributed by atoms with E-state index in [0.29, 0.717) is 11.0 Å².